The molecule has 0 heterocycles. The quantitative estimate of drug-likeness (QED) is 0.604. The Hall–Kier alpha value is -0.830. The van der Waals surface area contributed by atoms with Crippen molar-refractivity contribution >= 4 is 5.97 Å². The Morgan fingerprint density at radius 3 is 2.59 bits per heavy atom. The van der Waals surface area contributed by atoms with Crippen molar-refractivity contribution in [2.45, 2.75) is 50.5 Å². The zero-order valence-corrected chi connectivity index (χ0v) is 10.4. The molecule has 17 heavy (non-hydrogen) atoms. The summed E-state index contributed by atoms with van der Waals surface area (Å²) in [5.41, 5.74) is -0.423. The van der Waals surface area contributed by atoms with Crippen molar-refractivity contribution in [2.24, 2.45) is 11.8 Å². The van der Waals surface area contributed by atoms with Gasteiger partial charge in [-0.2, -0.15) is 0 Å². The first-order chi connectivity index (χ1) is 8.17. The Morgan fingerprint density at radius 2 is 2.06 bits per heavy atom. The van der Waals surface area contributed by atoms with Crippen molar-refractivity contribution in [3.63, 3.8) is 0 Å². The highest BCUT2D eigenvalue weighted by Gasteiger charge is 2.44. The van der Waals surface area contributed by atoms with Gasteiger partial charge in [-0.1, -0.05) is 25.8 Å². The van der Waals surface area contributed by atoms with Crippen LogP contribution in [0.15, 0.2) is 12.7 Å². The van der Waals surface area contributed by atoms with Gasteiger partial charge in [-0.3, -0.25) is 0 Å². The van der Waals surface area contributed by atoms with E-state index in [4.69, 9.17) is 4.74 Å². The summed E-state index contributed by atoms with van der Waals surface area (Å²) >= 11 is 0. The van der Waals surface area contributed by atoms with E-state index in [9.17, 15) is 9.90 Å². The minimum atomic E-state index is -0.423. The van der Waals surface area contributed by atoms with Crippen LogP contribution < -0.4 is 0 Å². The van der Waals surface area contributed by atoms with Crippen molar-refractivity contribution in [3.8, 4) is 0 Å². The molecule has 3 nitrogen and oxygen atoms in total. The smallest absolute Gasteiger partial charge is 0.330 e. The van der Waals surface area contributed by atoms with Crippen molar-refractivity contribution in [1.29, 1.82) is 0 Å². The predicted octanol–water partition coefficient (Wildman–Crippen LogP) is 2.44. The number of fused-ring (bicyclic) bond motifs is 2. The maximum Gasteiger partial charge on any atom is 0.330 e. The monoisotopic (exact) mass is 238 g/mol. The normalized spacial score (nSPS) is 36.3. The molecular weight excluding hydrogens is 216 g/mol. The van der Waals surface area contributed by atoms with Crippen LogP contribution in [-0.2, 0) is 9.53 Å². The molecule has 2 fully saturated rings. The fraction of sp³-hybridized carbons (Fsp3) is 0.786. The summed E-state index contributed by atoms with van der Waals surface area (Å²) in [6.07, 6.45) is 8.71. The van der Waals surface area contributed by atoms with Crippen molar-refractivity contribution in [2.75, 3.05) is 6.61 Å². The van der Waals surface area contributed by atoms with Gasteiger partial charge in [-0.25, -0.2) is 4.79 Å². The molecule has 2 bridgehead atoms. The lowest BCUT2D eigenvalue weighted by atomic mass is 9.65. The summed E-state index contributed by atoms with van der Waals surface area (Å²) in [6, 6.07) is 0. The molecule has 2 unspecified atom stereocenters. The molecule has 0 saturated heterocycles. The van der Waals surface area contributed by atoms with Gasteiger partial charge in [-0.15, -0.1) is 0 Å². The second kappa shape index (κ2) is 5.21. The Balaban J connectivity index is 2.10. The van der Waals surface area contributed by atoms with Crippen LogP contribution in [0.3, 0.4) is 0 Å². The summed E-state index contributed by atoms with van der Waals surface area (Å²) in [5, 5.41) is 9.22. The Labute approximate surface area is 103 Å². The molecule has 0 amide bonds. The molecule has 2 atom stereocenters. The highest BCUT2D eigenvalue weighted by molar-refractivity contribution is 5.81. The molecule has 3 heteroatoms. The van der Waals surface area contributed by atoms with Crippen LogP contribution in [0.2, 0.25) is 0 Å². The van der Waals surface area contributed by atoms with Crippen LogP contribution >= 0.6 is 0 Å². The molecule has 0 aromatic carbocycles. The number of hydrogen-bond donors (Lipinski definition) is 1. The second-order valence-corrected chi connectivity index (χ2v) is 5.59. The van der Waals surface area contributed by atoms with E-state index in [1.165, 1.54) is 31.8 Å². The molecule has 2 aliphatic carbocycles. The zero-order chi connectivity index (χ0) is 12.3. The van der Waals surface area contributed by atoms with Crippen molar-refractivity contribution < 1.29 is 14.6 Å². The number of rotatable bonds is 4. The average molecular weight is 238 g/mol. The number of aliphatic hydroxyl groups is 1. The Bertz CT molecular complexity index is 286. The molecular formula is C14H22O3. The van der Waals surface area contributed by atoms with E-state index in [0.29, 0.717) is 18.3 Å². The van der Waals surface area contributed by atoms with Gasteiger partial charge in [0.1, 0.15) is 5.60 Å². The van der Waals surface area contributed by atoms with E-state index >= 15 is 0 Å². The van der Waals surface area contributed by atoms with E-state index in [0.717, 1.165) is 12.8 Å². The largest absolute Gasteiger partial charge is 0.456 e. The minimum absolute atomic E-state index is 0.0872. The lowest BCUT2D eigenvalue weighted by molar-refractivity contribution is -0.165. The SMILES string of the molecule is C=CC(=O)OC1(CCO)CC2CCCC(C2)C1. The van der Waals surface area contributed by atoms with Crippen molar-refractivity contribution in [3.05, 3.63) is 12.7 Å². The average Bonchev–Trinajstić information content (AvgIpc) is 2.28. The van der Waals surface area contributed by atoms with E-state index in [2.05, 4.69) is 6.58 Å². The summed E-state index contributed by atoms with van der Waals surface area (Å²) in [6.45, 7) is 3.54. The fourth-order valence-electron chi connectivity index (χ4n) is 3.71. The van der Waals surface area contributed by atoms with Gasteiger partial charge >= 0.3 is 5.97 Å². The van der Waals surface area contributed by atoms with E-state index in [1.807, 2.05) is 0 Å². The molecule has 0 aliphatic heterocycles. The van der Waals surface area contributed by atoms with Crippen LogP contribution in [-0.4, -0.2) is 23.3 Å². The van der Waals surface area contributed by atoms with Crippen LogP contribution in [0, 0.1) is 11.8 Å². The predicted molar refractivity (Wildman–Crippen MR) is 65.4 cm³/mol. The van der Waals surface area contributed by atoms with E-state index in [-0.39, 0.29) is 12.6 Å². The first kappa shape index (κ1) is 12.6. The maximum atomic E-state index is 11.5. The number of esters is 1. The van der Waals surface area contributed by atoms with Gasteiger partial charge in [0.15, 0.2) is 0 Å². The Kier molecular flexibility index (Phi) is 3.87. The molecule has 0 spiro atoms. The summed E-state index contributed by atoms with van der Waals surface area (Å²) in [4.78, 5) is 11.5. The van der Waals surface area contributed by atoms with Crippen LogP contribution in [0.25, 0.3) is 0 Å². The third-order valence-electron chi connectivity index (χ3n) is 4.26. The molecule has 2 rings (SSSR count). The van der Waals surface area contributed by atoms with Gasteiger partial charge in [0, 0.05) is 19.1 Å². The third-order valence-corrected chi connectivity index (χ3v) is 4.26. The standard InChI is InChI=1S/C14H22O3/c1-2-13(16)17-14(6-7-15)9-11-4-3-5-12(8-11)10-14/h2,11-12,15H,1,3-10H2. The zero-order valence-electron chi connectivity index (χ0n) is 10.4. The van der Waals surface area contributed by atoms with Gasteiger partial charge in [0.25, 0.3) is 0 Å². The number of ether oxygens (including phenoxy) is 1. The van der Waals surface area contributed by atoms with Crippen LogP contribution in [0.4, 0.5) is 0 Å². The topological polar surface area (TPSA) is 46.5 Å². The van der Waals surface area contributed by atoms with Gasteiger partial charge in [-0.05, 0) is 31.1 Å². The van der Waals surface area contributed by atoms with Gasteiger partial charge < -0.3 is 9.84 Å². The molecule has 0 aromatic rings. The molecule has 0 aromatic heterocycles. The minimum Gasteiger partial charge on any atom is -0.456 e. The summed E-state index contributed by atoms with van der Waals surface area (Å²) < 4.78 is 5.59. The highest BCUT2D eigenvalue weighted by Crippen LogP contribution is 2.47. The lowest BCUT2D eigenvalue weighted by Crippen LogP contribution is -2.45. The maximum absolute atomic E-state index is 11.5. The van der Waals surface area contributed by atoms with E-state index < -0.39 is 5.60 Å². The van der Waals surface area contributed by atoms with Gasteiger partial charge in [0.2, 0.25) is 0 Å². The first-order valence-electron chi connectivity index (χ1n) is 6.64. The van der Waals surface area contributed by atoms with E-state index in [1.54, 1.807) is 0 Å². The number of hydrogen-bond acceptors (Lipinski definition) is 3. The summed E-state index contributed by atoms with van der Waals surface area (Å²) in [5.74, 6) is 0.997. The molecule has 2 saturated carbocycles. The second-order valence-electron chi connectivity index (χ2n) is 5.59. The number of carbonyl (C=O) groups excluding carboxylic acids is 1. The van der Waals surface area contributed by atoms with Crippen molar-refractivity contribution in [1.82, 2.24) is 0 Å². The fourth-order valence-corrected chi connectivity index (χ4v) is 3.71. The van der Waals surface area contributed by atoms with Crippen LogP contribution in [0.1, 0.15) is 44.9 Å². The third kappa shape index (κ3) is 2.89. The lowest BCUT2D eigenvalue weighted by Gasteiger charge is -2.46. The first-order valence-corrected chi connectivity index (χ1v) is 6.64. The Morgan fingerprint density at radius 1 is 1.41 bits per heavy atom. The number of aliphatic hydroxyl groups excluding tert-OH is 1. The molecule has 2 aliphatic rings. The van der Waals surface area contributed by atoms with Gasteiger partial charge in [0.05, 0.1) is 0 Å². The number of carbonyl (C=O) groups is 1. The summed E-state index contributed by atoms with van der Waals surface area (Å²) in [7, 11) is 0. The molecule has 1 N–H and O–H groups in total. The molecule has 0 radical (unpaired) electrons. The molecule has 96 valence electrons. The highest BCUT2D eigenvalue weighted by atomic mass is 16.6. The van der Waals surface area contributed by atoms with Crippen LogP contribution in [0.5, 0.6) is 0 Å².